The number of halogens is 2. The number of cyclic esters (lactones) is 1. The first-order chi connectivity index (χ1) is 14.1. The van der Waals surface area contributed by atoms with E-state index in [9.17, 15) is 13.6 Å². The summed E-state index contributed by atoms with van der Waals surface area (Å²) < 4.78 is 37.2. The predicted octanol–water partition coefficient (Wildman–Crippen LogP) is 4.89. The molecule has 0 amide bonds. The van der Waals surface area contributed by atoms with E-state index in [4.69, 9.17) is 9.47 Å². The molecule has 0 N–H and O–H groups in total. The quantitative estimate of drug-likeness (QED) is 0.460. The van der Waals surface area contributed by atoms with Crippen LogP contribution in [-0.4, -0.2) is 11.9 Å². The van der Waals surface area contributed by atoms with Gasteiger partial charge in [0.2, 0.25) is 5.90 Å². The van der Waals surface area contributed by atoms with Crippen LogP contribution in [0.25, 0.3) is 6.08 Å². The molecule has 0 unspecified atom stereocenters. The molecule has 0 aromatic heterocycles. The van der Waals surface area contributed by atoms with Gasteiger partial charge in [-0.15, -0.1) is 0 Å². The van der Waals surface area contributed by atoms with Crippen molar-refractivity contribution in [2.75, 3.05) is 0 Å². The van der Waals surface area contributed by atoms with Crippen LogP contribution in [0.15, 0.2) is 83.5 Å². The lowest BCUT2D eigenvalue weighted by atomic mass is 10.2. The standard InChI is InChI=1S/C23H15F2NO3/c24-18-9-7-15(8-10-18)14-28-20-6-1-3-16(11-20)12-21-23(27)29-22(26-21)17-4-2-5-19(25)13-17/h1-13H,14H2/b21-12-. The van der Waals surface area contributed by atoms with Crippen molar-refractivity contribution in [2.45, 2.75) is 6.61 Å². The monoisotopic (exact) mass is 391 g/mol. The Labute approximate surface area is 165 Å². The number of hydrogen-bond donors (Lipinski definition) is 0. The van der Waals surface area contributed by atoms with Crippen molar-refractivity contribution in [3.8, 4) is 5.75 Å². The molecule has 4 nitrogen and oxygen atoms in total. The van der Waals surface area contributed by atoms with Crippen LogP contribution >= 0.6 is 0 Å². The number of ether oxygens (including phenoxy) is 2. The molecule has 1 heterocycles. The average molecular weight is 391 g/mol. The summed E-state index contributed by atoms with van der Waals surface area (Å²) in [6, 6.07) is 18.8. The first-order valence-electron chi connectivity index (χ1n) is 8.83. The van der Waals surface area contributed by atoms with Gasteiger partial charge in [-0.1, -0.05) is 30.3 Å². The van der Waals surface area contributed by atoms with E-state index in [1.807, 2.05) is 0 Å². The summed E-state index contributed by atoms with van der Waals surface area (Å²) in [6.07, 6.45) is 1.57. The number of aliphatic imine (C=N–C) groups is 1. The minimum absolute atomic E-state index is 0.0597. The number of nitrogens with zero attached hydrogens (tertiary/aromatic N) is 1. The fourth-order valence-corrected chi connectivity index (χ4v) is 2.75. The lowest BCUT2D eigenvalue weighted by molar-refractivity contribution is -0.129. The molecule has 0 saturated carbocycles. The van der Waals surface area contributed by atoms with E-state index in [1.165, 1.54) is 30.3 Å². The van der Waals surface area contributed by atoms with Gasteiger partial charge in [-0.2, -0.15) is 0 Å². The van der Waals surface area contributed by atoms with E-state index in [0.29, 0.717) is 16.9 Å². The summed E-state index contributed by atoms with van der Waals surface area (Å²) in [5, 5.41) is 0. The van der Waals surface area contributed by atoms with E-state index in [-0.39, 0.29) is 24.0 Å². The van der Waals surface area contributed by atoms with E-state index < -0.39 is 11.8 Å². The maximum absolute atomic E-state index is 13.4. The van der Waals surface area contributed by atoms with Crippen molar-refractivity contribution in [3.63, 3.8) is 0 Å². The maximum Gasteiger partial charge on any atom is 0.363 e. The Morgan fingerprint density at radius 1 is 0.931 bits per heavy atom. The topological polar surface area (TPSA) is 47.9 Å². The fourth-order valence-electron chi connectivity index (χ4n) is 2.75. The molecule has 1 aliphatic rings. The van der Waals surface area contributed by atoms with Crippen LogP contribution < -0.4 is 4.74 Å². The second-order valence-corrected chi connectivity index (χ2v) is 6.33. The molecule has 0 spiro atoms. The van der Waals surface area contributed by atoms with Crippen molar-refractivity contribution >= 4 is 17.9 Å². The molecule has 3 aromatic carbocycles. The highest BCUT2D eigenvalue weighted by Crippen LogP contribution is 2.22. The first-order valence-corrected chi connectivity index (χ1v) is 8.83. The highest BCUT2D eigenvalue weighted by molar-refractivity contribution is 6.12. The summed E-state index contributed by atoms with van der Waals surface area (Å²) in [5.41, 5.74) is 2.02. The van der Waals surface area contributed by atoms with E-state index in [0.717, 1.165) is 5.56 Å². The molecule has 29 heavy (non-hydrogen) atoms. The third kappa shape index (κ3) is 4.55. The number of carbonyl (C=O) groups is 1. The molecule has 0 aliphatic carbocycles. The normalized spacial score (nSPS) is 14.6. The van der Waals surface area contributed by atoms with Crippen molar-refractivity contribution in [3.05, 3.63) is 107 Å². The smallest absolute Gasteiger partial charge is 0.363 e. The lowest BCUT2D eigenvalue weighted by Crippen LogP contribution is -2.05. The first kappa shape index (κ1) is 18.6. The van der Waals surface area contributed by atoms with Gasteiger partial charge in [-0.3, -0.25) is 0 Å². The second-order valence-electron chi connectivity index (χ2n) is 6.33. The number of rotatable bonds is 5. The molecule has 144 valence electrons. The molecule has 0 bridgehead atoms. The zero-order chi connectivity index (χ0) is 20.2. The summed E-state index contributed by atoms with van der Waals surface area (Å²) in [7, 11) is 0. The molecule has 3 aromatic rings. The van der Waals surface area contributed by atoms with E-state index in [2.05, 4.69) is 4.99 Å². The van der Waals surface area contributed by atoms with Gasteiger partial charge in [-0.05, 0) is 59.7 Å². The third-order valence-corrected chi connectivity index (χ3v) is 4.17. The van der Waals surface area contributed by atoms with Gasteiger partial charge in [0.05, 0.1) is 0 Å². The Kier molecular flexibility index (Phi) is 5.16. The van der Waals surface area contributed by atoms with Crippen molar-refractivity contribution in [2.24, 2.45) is 4.99 Å². The molecule has 0 atom stereocenters. The zero-order valence-electron chi connectivity index (χ0n) is 15.1. The minimum atomic E-state index is -0.609. The van der Waals surface area contributed by atoms with Crippen LogP contribution in [0.5, 0.6) is 5.75 Å². The number of esters is 1. The number of benzene rings is 3. The van der Waals surface area contributed by atoms with Crippen LogP contribution in [0.4, 0.5) is 8.78 Å². The largest absolute Gasteiger partial charge is 0.489 e. The maximum atomic E-state index is 13.4. The van der Waals surface area contributed by atoms with Gasteiger partial charge < -0.3 is 9.47 Å². The SMILES string of the molecule is O=C1OC(c2cccc(F)c2)=N/C1=C\c1cccc(OCc2ccc(F)cc2)c1. The molecular weight excluding hydrogens is 376 g/mol. The minimum Gasteiger partial charge on any atom is -0.489 e. The van der Waals surface area contributed by atoms with Gasteiger partial charge in [-0.25, -0.2) is 18.6 Å². The molecule has 4 rings (SSSR count). The third-order valence-electron chi connectivity index (χ3n) is 4.17. The van der Waals surface area contributed by atoms with Gasteiger partial charge >= 0.3 is 5.97 Å². The molecule has 1 aliphatic heterocycles. The lowest BCUT2D eigenvalue weighted by Gasteiger charge is -2.07. The highest BCUT2D eigenvalue weighted by atomic mass is 19.1. The number of carbonyl (C=O) groups excluding carboxylic acids is 1. The van der Waals surface area contributed by atoms with Crippen molar-refractivity contribution in [1.29, 1.82) is 0 Å². The summed E-state index contributed by atoms with van der Waals surface area (Å²) >= 11 is 0. The van der Waals surface area contributed by atoms with Gasteiger partial charge in [0.25, 0.3) is 0 Å². The van der Waals surface area contributed by atoms with Gasteiger partial charge in [0.15, 0.2) is 5.70 Å². The van der Waals surface area contributed by atoms with Crippen LogP contribution in [-0.2, 0) is 16.1 Å². The Morgan fingerprint density at radius 3 is 2.52 bits per heavy atom. The summed E-state index contributed by atoms with van der Waals surface area (Å²) in [6.45, 7) is 0.282. The molecular formula is C23H15F2NO3. The average Bonchev–Trinajstić information content (AvgIpc) is 3.08. The Balaban J connectivity index is 1.51. The Hall–Kier alpha value is -3.80. The Bertz CT molecular complexity index is 1120. The fraction of sp³-hybridized carbons (Fsp3) is 0.0435. The summed E-state index contributed by atoms with van der Waals surface area (Å²) in [5.74, 6) is -0.704. The van der Waals surface area contributed by atoms with Crippen LogP contribution in [0.1, 0.15) is 16.7 Å². The van der Waals surface area contributed by atoms with Gasteiger partial charge in [0.1, 0.15) is 24.0 Å². The second kappa shape index (κ2) is 8.06. The van der Waals surface area contributed by atoms with Crippen molar-refractivity contribution < 1.29 is 23.0 Å². The molecule has 0 fully saturated rings. The highest BCUT2D eigenvalue weighted by Gasteiger charge is 2.24. The van der Waals surface area contributed by atoms with E-state index in [1.54, 1.807) is 48.5 Å². The summed E-state index contributed by atoms with van der Waals surface area (Å²) in [4.78, 5) is 16.3. The van der Waals surface area contributed by atoms with Crippen LogP contribution in [0, 0.1) is 11.6 Å². The molecule has 0 radical (unpaired) electrons. The van der Waals surface area contributed by atoms with Crippen molar-refractivity contribution in [1.82, 2.24) is 0 Å². The Morgan fingerprint density at radius 2 is 1.72 bits per heavy atom. The van der Waals surface area contributed by atoms with Crippen LogP contribution in [0.3, 0.4) is 0 Å². The zero-order valence-corrected chi connectivity index (χ0v) is 15.1. The van der Waals surface area contributed by atoms with Gasteiger partial charge in [0, 0.05) is 5.56 Å². The predicted molar refractivity (Wildman–Crippen MR) is 104 cm³/mol. The van der Waals surface area contributed by atoms with Crippen LogP contribution in [0.2, 0.25) is 0 Å². The number of hydrogen-bond acceptors (Lipinski definition) is 4. The molecule has 0 saturated heterocycles. The molecule has 6 heteroatoms. The van der Waals surface area contributed by atoms with E-state index >= 15 is 0 Å².